The quantitative estimate of drug-likeness (QED) is 0.688. The van der Waals surface area contributed by atoms with Gasteiger partial charge in [0.2, 0.25) is 0 Å². The lowest BCUT2D eigenvalue weighted by Gasteiger charge is -2.38. The SMILES string of the molecule is O=C(Cc1cccs1)OC1CN(c2nc3ccccc3s2)C1. The second-order valence-electron chi connectivity index (χ2n) is 5.24. The maximum atomic E-state index is 11.9. The number of fused-ring (bicyclic) bond motifs is 1. The van der Waals surface area contributed by atoms with Crippen molar-refractivity contribution in [1.82, 2.24) is 4.98 Å². The molecule has 3 heterocycles. The Bertz CT molecular complexity index is 758. The van der Waals surface area contributed by atoms with Gasteiger partial charge in [0.05, 0.1) is 29.7 Å². The molecule has 3 aromatic rings. The zero-order valence-corrected chi connectivity index (χ0v) is 13.4. The van der Waals surface area contributed by atoms with E-state index in [1.54, 1.807) is 22.7 Å². The predicted octanol–water partition coefficient (Wildman–Crippen LogP) is 3.33. The van der Waals surface area contributed by atoms with Gasteiger partial charge in [0, 0.05) is 4.88 Å². The molecule has 112 valence electrons. The number of aromatic nitrogens is 1. The fourth-order valence-electron chi connectivity index (χ4n) is 2.45. The lowest BCUT2D eigenvalue weighted by atomic mass is 10.2. The molecule has 1 saturated heterocycles. The Kier molecular flexibility index (Phi) is 3.56. The van der Waals surface area contributed by atoms with Crippen LogP contribution in [0.2, 0.25) is 0 Å². The van der Waals surface area contributed by atoms with Crippen LogP contribution in [0.4, 0.5) is 5.13 Å². The Labute approximate surface area is 136 Å². The van der Waals surface area contributed by atoms with E-state index in [-0.39, 0.29) is 12.1 Å². The second-order valence-corrected chi connectivity index (χ2v) is 7.28. The van der Waals surface area contributed by atoms with Crippen LogP contribution < -0.4 is 4.90 Å². The second kappa shape index (κ2) is 5.70. The first kappa shape index (κ1) is 13.7. The highest BCUT2D eigenvalue weighted by molar-refractivity contribution is 7.22. The van der Waals surface area contributed by atoms with E-state index >= 15 is 0 Å². The zero-order valence-electron chi connectivity index (χ0n) is 11.8. The van der Waals surface area contributed by atoms with Crippen molar-refractivity contribution in [3.8, 4) is 0 Å². The highest BCUT2D eigenvalue weighted by atomic mass is 32.1. The van der Waals surface area contributed by atoms with Crippen LogP contribution in [0.3, 0.4) is 0 Å². The van der Waals surface area contributed by atoms with Gasteiger partial charge in [-0.05, 0) is 23.6 Å². The largest absolute Gasteiger partial charge is 0.458 e. The van der Waals surface area contributed by atoms with Gasteiger partial charge in [-0.2, -0.15) is 0 Å². The maximum Gasteiger partial charge on any atom is 0.311 e. The van der Waals surface area contributed by atoms with E-state index in [1.807, 2.05) is 35.7 Å². The van der Waals surface area contributed by atoms with Gasteiger partial charge in [0.1, 0.15) is 6.10 Å². The molecule has 0 atom stereocenters. The number of rotatable bonds is 4. The Morgan fingerprint density at radius 1 is 1.27 bits per heavy atom. The summed E-state index contributed by atoms with van der Waals surface area (Å²) in [5, 5.41) is 2.98. The van der Waals surface area contributed by atoms with E-state index in [2.05, 4.69) is 16.0 Å². The van der Waals surface area contributed by atoms with Crippen LogP contribution in [0.5, 0.6) is 0 Å². The molecule has 1 aliphatic heterocycles. The van der Waals surface area contributed by atoms with Crippen LogP contribution in [0, 0.1) is 0 Å². The topological polar surface area (TPSA) is 42.4 Å². The van der Waals surface area contributed by atoms with Gasteiger partial charge in [-0.25, -0.2) is 4.98 Å². The summed E-state index contributed by atoms with van der Waals surface area (Å²) in [6.45, 7) is 1.46. The minimum atomic E-state index is -0.142. The van der Waals surface area contributed by atoms with Gasteiger partial charge in [0.25, 0.3) is 0 Å². The number of ether oxygens (including phenoxy) is 1. The predicted molar refractivity (Wildman–Crippen MR) is 89.7 cm³/mol. The van der Waals surface area contributed by atoms with Crippen LogP contribution >= 0.6 is 22.7 Å². The zero-order chi connectivity index (χ0) is 14.9. The molecular formula is C16H14N2O2S2. The van der Waals surface area contributed by atoms with Crippen molar-refractivity contribution in [3.05, 3.63) is 46.7 Å². The molecule has 1 aliphatic rings. The third kappa shape index (κ3) is 2.71. The van der Waals surface area contributed by atoms with Crippen molar-refractivity contribution in [2.75, 3.05) is 18.0 Å². The summed E-state index contributed by atoms with van der Waals surface area (Å²) in [6, 6.07) is 12.0. The smallest absolute Gasteiger partial charge is 0.311 e. The van der Waals surface area contributed by atoms with E-state index in [0.717, 1.165) is 28.6 Å². The molecule has 0 unspecified atom stereocenters. The third-order valence-electron chi connectivity index (χ3n) is 3.60. The fraction of sp³-hybridized carbons (Fsp3) is 0.250. The highest BCUT2D eigenvalue weighted by Gasteiger charge is 2.32. The van der Waals surface area contributed by atoms with Crippen LogP contribution in [0.15, 0.2) is 41.8 Å². The number of benzene rings is 1. The summed E-state index contributed by atoms with van der Waals surface area (Å²) in [5.41, 5.74) is 1.03. The van der Waals surface area contributed by atoms with Crippen molar-refractivity contribution in [1.29, 1.82) is 0 Å². The number of anilines is 1. The minimum Gasteiger partial charge on any atom is -0.458 e. The first-order chi connectivity index (χ1) is 10.8. The summed E-state index contributed by atoms with van der Waals surface area (Å²) >= 11 is 3.27. The van der Waals surface area contributed by atoms with Crippen molar-refractivity contribution in [3.63, 3.8) is 0 Å². The number of nitrogens with zero attached hydrogens (tertiary/aromatic N) is 2. The lowest BCUT2D eigenvalue weighted by molar-refractivity contribution is -0.149. The van der Waals surface area contributed by atoms with Gasteiger partial charge >= 0.3 is 5.97 Å². The standard InChI is InChI=1S/C16H14N2O2S2/c19-15(8-12-4-3-7-21-12)20-11-9-18(10-11)16-17-13-5-1-2-6-14(13)22-16/h1-7,11H,8-10H2. The summed E-state index contributed by atoms with van der Waals surface area (Å²) < 4.78 is 6.68. The van der Waals surface area contributed by atoms with Gasteiger partial charge < -0.3 is 9.64 Å². The summed E-state index contributed by atoms with van der Waals surface area (Å²) in [6.07, 6.45) is 0.356. The highest BCUT2D eigenvalue weighted by Crippen LogP contribution is 2.31. The average molecular weight is 330 g/mol. The van der Waals surface area contributed by atoms with Crippen molar-refractivity contribution in [2.45, 2.75) is 12.5 Å². The number of thiophene rings is 1. The summed E-state index contributed by atoms with van der Waals surface area (Å²) in [7, 11) is 0. The summed E-state index contributed by atoms with van der Waals surface area (Å²) in [4.78, 5) is 19.7. The number of carbonyl (C=O) groups excluding carboxylic acids is 1. The molecule has 1 fully saturated rings. The number of thiazole rings is 1. The molecule has 0 saturated carbocycles. The molecule has 2 aromatic heterocycles. The monoisotopic (exact) mass is 330 g/mol. The van der Waals surface area contributed by atoms with Crippen LogP contribution in [0.1, 0.15) is 4.88 Å². The number of hydrogen-bond acceptors (Lipinski definition) is 6. The number of hydrogen-bond donors (Lipinski definition) is 0. The molecule has 0 bridgehead atoms. The minimum absolute atomic E-state index is 0.0144. The van der Waals surface area contributed by atoms with Crippen LogP contribution in [-0.4, -0.2) is 30.1 Å². The van der Waals surface area contributed by atoms with Gasteiger partial charge in [0.15, 0.2) is 5.13 Å². The summed E-state index contributed by atoms with van der Waals surface area (Å²) in [5.74, 6) is -0.142. The van der Waals surface area contributed by atoms with E-state index < -0.39 is 0 Å². The first-order valence-electron chi connectivity index (χ1n) is 7.10. The molecule has 0 radical (unpaired) electrons. The fourth-order valence-corrected chi connectivity index (χ4v) is 4.12. The van der Waals surface area contributed by atoms with E-state index in [9.17, 15) is 4.79 Å². The molecule has 6 heteroatoms. The van der Waals surface area contributed by atoms with E-state index in [4.69, 9.17) is 4.74 Å². The lowest BCUT2D eigenvalue weighted by Crippen LogP contribution is -2.53. The van der Waals surface area contributed by atoms with Gasteiger partial charge in [-0.3, -0.25) is 4.79 Å². The molecular weight excluding hydrogens is 316 g/mol. The Morgan fingerprint density at radius 2 is 2.14 bits per heavy atom. The average Bonchev–Trinajstić information content (AvgIpc) is 3.10. The van der Waals surface area contributed by atoms with E-state index in [1.165, 1.54) is 4.70 Å². The number of carbonyl (C=O) groups is 1. The maximum absolute atomic E-state index is 11.9. The van der Waals surface area contributed by atoms with Gasteiger partial charge in [-0.1, -0.05) is 29.5 Å². The Morgan fingerprint density at radius 3 is 2.91 bits per heavy atom. The third-order valence-corrected chi connectivity index (χ3v) is 5.57. The van der Waals surface area contributed by atoms with Crippen molar-refractivity contribution >= 4 is 44.0 Å². The molecule has 0 N–H and O–H groups in total. The number of para-hydroxylation sites is 1. The van der Waals surface area contributed by atoms with Crippen molar-refractivity contribution < 1.29 is 9.53 Å². The molecule has 0 amide bonds. The van der Waals surface area contributed by atoms with Crippen LogP contribution in [0.25, 0.3) is 10.2 Å². The van der Waals surface area contributed by atoms with Crippen LogP contribution in [-0.2, 0) is 16.0 Å². The normalized spacial score (nSPS) is 15.0. The molecule has 0 spiro atoms. The first-order valence-corrected chi connectivity index (χ1v) is 8.80. The molecule has 4 nitrogen and oxygen atoms in total. The Hall–Kier alpha value is -1.92. The molecule has 22 heavy (non-hydrogen) atoms. The van der Waals surface area contributed by atoms with Crippen molar-refractivity contribution in [2.24, 2.45) is 0 Å². The molecule has 1 aromatic carbocycles. The molecule has 4 rings (SSSR count). The number of esters is 1. The van der Waals surface area contributed by atoms with E-state index in [0.29, 0.717) is 6.42 Å². The van der Waals surface area contributed by atoms with Gasteiger partial charge in [-0.15, -0.1) is 11.3 Å². The Balaban J connectivity index is 1.33. The molecule has 0 aliphatic carbocycles.